The van der Waals surface area contributed by atoms with Crippen molar-refractivity contribution in [2.24, 2.45) is 0 Å². The van der Waals surface area contributed by atoms with Gasteiger partial charge in [-0.15, -0.1) is 0 Å². The number of nitrogens with one attached hydrogen (secondary N) is 1. The monoisotopic (exact) mass is 389 g/mol. The first kappa shape index (κ1) is 18.7. The lowest BCUT2D eigenvalue weighted by molar-refractivity contribution is 0.324. The molecule has 0 aliphatic carbocycles. The molecule has 0 saturated heterocycles. The normalized spacial score (nSPS) is 10.7. The number of methoxy groups -OCH3 is 3. The van der Waals surface area contributed by atoms with Crippen LogP contribution in [0.15, 0.2) is 24.3 Å². The first-order valence-corrected chi connectivity index (χ1v) is 8.40. The maximum absolute atomic E-state index is 6.52. The molecule has 3 aromatic rings. The summed E-state index contributed by atoms with van der Waals surface area (Å²) in [5.74, 6) is 1.99. The number of nitrogens with two attached hydrogens (primary N) is 2. The van der Waals surface area contributed by atoms with Gasteiger partial charge in [-0.2, -0.15) is 4.98 Å². The summed E-state index contributed by atoms with van der Waals surface area (Å²) in [6, 6.07) is 7.30. The van der Waals surface area contributed by atoms with E-state index in [4.69, 9.17) is 37.3 Å². The van der Waals surface area contributed by atoms with Gasteiger partial charge in [-0.05, 0) is 11.6 Å². The molecule has 0 saturated carbocycles. The molecule has 0 spiro atoms. The Labute approximate surface area is 161 Å². The van der Waals surface area contributed by atoms with Gasteiger partial charge in [0.1, 0.15) is 5.82 Å². The van der Waals surface area contributed by atoms with Gasteiger partial charge >= 0.3 is 0 Å². The van der Waals surface area contributed by atoms with E-state index in [-0.39, 0.29) is 11.8 Å². The van der Waals surface area contributed by atoms with E-state index in [1.54, 1.807) is 21.3 Å². The highest BCUT2D eigenvalue weighted by atomic mass is 35.5. The summed E-state index contributed by atoms with van der Waals surface area (Å²) in [7, 11) is 4.69. The summed E-state index contributed by atoms with van der Waals surface area (Å²) < 4.78 is 16.1. The average Bonchev–Trinajstić information content (AvgIpc) is 2.65. The molecule has 0 amide bonds. The Bertz CT molecular complexity index is 971. The predicted molar refractivity (Wildman–Crippen MR) is 107 cm³/mol. The van der Waals surface area contributed by atoms with Gasteiger partial charge < -0.3 is 31.0 Å². The van der Waals surface area contributed by atoms with Gasteiger partial charge in [-0.3, -0.25) is 0 Å². The molecule has 0 unspecified atom stereocenters. The SMILES string of the molecule is COc1cc(NCc2ccc3nc(N)nc(N)c3c2Cl)cc(OC)c1OC. The quantitative estimate of drug-likeness (QED) is 0.588. The first-order valence-electron chi connectivity index (χ1n) is 8.02. The van der Waals surface area contributed by atoms with Crippen molar-refractivity contribution in [3.63, 3.8) is 0 Å². The van der Waals surface area contributed by atoms with Gasteiger partial charge in [0.05, 0.1) is 37.3 Å². The lowest BCUT2D eigenvalue weighted by atomic mass is 10.1. The van der Waals surface area contributed by atoms with Crippen LogP contribution in [0.5, 0.6) is 17.2 Å². The number of ether oxygens (including phenoxy) is 3. The fraction of sp³-hybridized carbons (Fsp3) is 0.222. The maximum atomic E-state index is 6.52. The van der Waals surface area contributed by atoms with Crippen molar-refractivity contribution in [1.29, 1.82) is 0 Å². The molecular formula is C18H20ClN5O3. The molecule has 0 radical (unpaired) electrons. The molecule has 142 valence electrons. The molecule has 3 rings (SSSR count). The molecule has 8 nitrogen and oxygen atoms in total. The summed E-state index contributed by atoms with van der Waals surface area (Å²) in [4.78, 5) is 8.14. The number of rotatable bonds is 6. The van der Waals surface area contributed by atoms with Gasteiger partial charge in [-0.25, -0.2) is 4.98 Å². The smallest absolute Gasteiger partial charge is 0.222 e. The van der Waals surface area contributed by atoms with Crippen LogP contribution < -0.4 is 31.0 Å². The number of hydrogen-bond acceptors (Lipinski definition) is 8. The van der Waals surface area contributed by atoms with Crippen molar-refractivity contribution in [2.45, 2.75) is 6.54 Å². The van der Waals surface area contributed by atoms with Crippen LogP contribution in [0.2, 0.25) is 5.02 Å². The molecule has 27 heavy (non-hydrogen) atoms. The van der Waals surface area contributed by atoms with E-state index < -0.39 is 0 Å². The van der Waals surface area contributed by atoms with E-state index >= 15 is 0 Å². The molecule has 1 heterocycles. The van der Waals surface area contributed by atoms with E-state index in [0.717, 1.165) is 11.3 Å². The third-order valence-corrected chi connectivity index (χ3v) is 4.51. The third-order valence-electron chi connectivity index (χ3n) is 4.07. The van der Waals surface area contributed by atoms with Gasteiger partial charge in [0.2, 0.25) is 11.7 Å². The minimum Gasteiger partial charge on any atom is -0.493 e. The largest absolute Gasteiger partial charge is 0.493 e. The van der Waals surface area contributed by atoms with E-state index in [1.807, 2.05) is 24.3 Å². The number of nitrogen functional groups attached to an aromatic ring is 2. The van der Waals surface area contributed by atoms with Crippen LogP contribution in [0.25, 0.3) is 10.9 Å². The van der Waals surface area contributed by atoms with Crippen molar-refractivity contribution < 1.29 is 14.2 Å². The van der Waals surface area contributed by atoms with E-state index in [0.29, 0.717) is 39.7 Å². The van der Waals surface area contributed by atoms with Crippen molar-refractivity contribution in [1.82, 2.24) is 9.97 Å². The van der Waals surface area contributed by atoms with Gasteiger partial charge in [0, 0.05) is 24.4 Å². The second kappa shape index (κ2) is 7.63. The highest BCUT2D eigenvalue weighted by Crippen LogP contribution is 2.40. The Balaban J connectivity index is 1.92. The Morgan fingerprint density at radius 1 is 1.00 bits per heavy atom. The van der Waals surface area contributed by atoms with Crippen molar-refractivity contribution in [3.05, 3.63) is 34.9 Å². The minimum atomic E-state index is 0.111. The molecule has 0 aliphatic rings. The van der Waals surface area contributed by atoms with Crippen LogP contribution in [0.1, 0.15) is 5.56 Å². The molecule has 0 bridgehead atoms. The summed E-state index contributed by atoms with van der Waals surface area (Å²) in [5, 5.41) is 4.35. The fourth-order valence-corrected chi connectivity index (χ4v) is 3.11. The van der Waals surface area contributed by atoms with Crippen molar-refractivity contribution >= 4 is 40.0 Å². The maximum Gasteiger partial charge on any atom is 0.222 e. The molecule has 5 N–H and O–H groups in total. The van der Waals surface area contributed by atoms with Crippen molar-refractivity contribution in [2.75, 3.05) is 38.1 Å². The molecule has 0 atom stereocenters. The number of aromatic nitrogens is 2. The molecule has 1 aromatic heterocycles. The standard InChI is InChI=1S/C18H20ClN5O3/c1-25-12-6-10(7-13(26-2)16(12)27-3)22-8-9-4-5-11-14(15(9)19)17(20)24-18(21)23-11/h4-7,22H,8H2,1-3H3,(H4,20,21,23,24). The molecule has 9 heteroatoms. The van der Waals surface area contributed by atoms with Crippen molar-refractivity contribution in [3.8, 4) is 17.2 Å². The Morgan fingerprint density at radius 3 is 2.26 bits per heavy atom. The summed E-state index contributed by atoms with van der Waals surface area (Å²) in [6.45, 7) is 0.442. The number of anilines is 3. The number of benzene rings is 2. The Morgan fingerprint density at radius 2 is 1.67 bits per heavy atom. The van der Waals surface area contributed by atoms with Crippen LogP contribution in [-0.2, 0) is 6.54 Å². The van der Waals surface area contributed by atoms with Crippen LogP contribution in [0.4, 0.5) is 17.5 Å². The van der Waals surface area contributed by atoms with Crippen LogP contribution in [0, 0.1) is 0 Å². The second-order valence-electron chi connectivity index (χ2n) is 5.67. The van der Waals surface area contributed by atoms with E-state index in [2.05, 4.69) is 15.3 Å². The van der Waals surface area contributed by atoms with E-state index in [9.17, 15) is 0 Å². The summed E-state index contributed by atoms with van der Waals surface area (Å²) >= 11 is 6.52. The summed E-state index contributed by atoms with van der Waals surface area (Å²) in [5.41, 5.74) is 13.8. The van der Waals surface area contributed by atoms with Gasteiger partial charge in [-0.1, -0.05) is 17.7 Å². The summed E-state index contributed by atoms with van der Waals surface area (Å²) in [6.07, 6.45) is 0. The van der Waals surface area contributed by atoms with E-state index in [1.165, 1.54) is 0 Å². The number of nitrogens with zero attached hydrogens (tertiary/aromatic N) is 2. The fourth-order valence-electron chi connectivity index (χ4n) is 2.79. The lowest BCUT2D eigenvalue weighted by Gasteiger charge is -2.16. The molecule has 0 aliphatic heterocycles. The zero-order chi connectivity index (χ0) is 19.6. The lowest BCUT2D eigenvalue weighted by Crippen LogP contribution is -2.05. The molecule has 2 aromatic carbocycles. The van der Waals surface area contributed by atoms with Crippen LogP contribution >= 0.6 is 11.6 Å². The van der Waals surface area contributed by atoms with Crippen LogP contribution in [0.3, 0.4) is 0 Å². The Hall–Kier alpha value is -3.13. The predicted octanol–water partition coefficient (Wildman–Crippen LogP) is 3.09. The number of halogens is 1. The minimum absolute atomic E-state index is 0.111. The number of hydrogen-bond donors (Lipinski definition) is 3. The zero-order valence-corrected chi connectivity index (χ0v) is 15.9. The molecule has 0 fully saturated rings. The number of fused-ring (bicyclic) bond motifs is 1. The average molecular weight is 390 g/mol. The van der Waals surface area contributed by atoms with Gasteiger partial charge in [0.15, 0.2) is 11.5 Å². The zero-order valence-electron chi connectivity index (χ0n) is 15.2. The molecular weight excluding hydrogens is 370 g/mol. The highest BCUT2D eigenvalue weighted by Gasteiger charge is 2.15. The van der Waals surface area contributed by atoms with Crippen LogP contribution in [-0.4, -0.2) is 31.3 Å². The van der Waals surface area contributed by atoms with Gasteiger partial charge in [0.25, 0.3) is 0 Å². The second-order valence-corrected chi connectivity index (χ2v) is 6.05. The topological polar surface area (TPSA) is 118 Å². The third kappa shape index (κ3) is 3.56. The Kier molecular flexibility index (Phi) is 5.27. The highest BCUT2D eigenvalue weighted by molar-refractivity contribution is 6.37. The first-order chi connectivity index (χ1) is 13.0.